The van der Waals surface area contributed by atoms with Gasteiger partial charge in [-0.2, -0.15) is 0 Å². The van der Waals surface area contributed by atoms with Gasteiger partial charge in [0.05, 0.1) is 6.20 Å². The first-order valence-corrected chi connectivity index (χ1v) is 8.92. The lowest BCUT2D eigenvalue weighted by atomic mass is 9.93. The number of amides is 4. The van der Waals surface area contributed by atoms with E-state index in [2.05, 4.69) is 15.3 Å². The monoisotopic (exact) mass is 361 g/mol. The van der Waals surface area contributed by atoms with Gasteiger partial charge in [0, 0.05) is 38.1 Å². The summed E-state index contributed by atoms with van der Waals surface area (Å²) in [5, 5.41) is 2.87. The van der Waals surface area contributed by atoms with Gasteiger partial charge in [0.25, 0.3) is 0 Å². The number of ether oxygens (including phenoxy) is 1. The molecule has 3 rings (SSSR count). The molecule has 0 spiro atoms. The number of likely N-dealkylation sites (N-methyl/N-ethyl adjacent to an activating group) is 1. The topological polar surface area (TPSA) is 105 Å². The van der Waals surface area contributed by atoms with Crippen LogP contribution in [0.15, 0.2) is 18.6 Å². The van der Waals surface area contributed by atoms with Gasteiger partial charge in [-0.3, -0.25) is 19.5 Å². The van der Waals surface area contributed by atoms with Gasteiger partial charge < -0.3 is 15.0 Å². The van der Waals surface area contributed by atoms with Crippen LogP contribution in [0.5, 0.6) is 5.88 Å². The smallest absolute Gasteiger partial charge is 0.324 e. The summed E-state index contributed by atoms with van der Waals surface area (Å²) in [7, 11) is 0. The Morgan fingerprint density at radius 1 is 1.19 bits per heavy atom. The molecule has 26 heavy (non-hydrogen) atoms. The van der Waals surface area contributed by atoms with Crippen molar-refractivity contribution in [3.8, 4) is 5.88 Å². The average Bonchev–Trinajstić information content (AvgIpc) is 2.66. The molecule has 2 fully saturated rings. The molecule has 1 aromatic rings. The van der Waals surface area contributed by atoms with Crippen LogP contribution in [0.3, 0.4) is 0 Å². The van der Waals surface area contributed by atoms with Crippen molar-refractivity contribution in [2.45, 2.75) is 44.8 Å². The summed E-state index contributed by atoms with van der Waals surface area (Å²) >= 11 is 0. The number of imide groups is 1. The molecule has 1 N–H and O–H groups in total. The number of carbonyl (C=O) groups is 3. The van der Waals surface area contributed by atoms with E-state index in [1.54, 1.807) is 18.6 Å². The van der Waals surface area contributed by atoms with Crippen LogP contribution < -0.4 is 10.1 Å². The van der Waals surface area contributed by atoms with Crippen LogP contribution >= 0.6 is 0 Å². The van der Waals surface area contributed by atoms with E-state index in [0.717, 1.165) is 30.6 Å². The van der Waals surface area contributed by atoms with E-state index in [-0.39, 0.29) is 18.7 Å². The number of urea groups is 1. The van der Waals surface area contributed by atoms with Crippen LogP contribution in [0.4, 0.5) is 4.79 Å². The minimum atomic E-state index is -0.754. The Bertz CT molecular complexity index is 660. The third-order valence-corrected chi connectivity index (χ3v) is 4.76. The molecular formula is C17H23N5O4. The van der Waals surface area contributed by atoms with Crippen molar-refractivity contribution in [2.24, 2.45) is 0 Å². The Balaban J connectivity index is 1.46. The highest BCUT2D eigenvalue weighted by Gasteiger charge is 2.36. The van der Waals surface area contributed by atoms with E-state index in [1.165, 1.54) is 4.90 Å². The number of carbonyl (C=O) groups excluding carboxylic acids is 3. The summed E-state index contributed by atoms with van der Waals surface area (Å²) in [5.41, 5.74) is 0. The molecule has 1 aliphatic heterocycles. The molecule has 0 aromatic carbocycles. The first-order chi connectivity index (χ1) is 12.6. The van der Waals surface area contributed by atoms with E-state index in [1.807, 2.05) is 6.92 Å². The molecule has 2 heterocycles. The normalized spacial score (nSPS) is 23.7. The first kappa shape index (κ1) is 18.1. The standard InChI is InChI=1S/C17H23N5O4/c1-2-21-9-10-22(16(24)15(21)23)17(25)20-12-3-5-13(6-4-12)26-14-11-18-7-8-19-14/h7-8,11-13H,2-6,9-10H2,1H3,(H,20,25). The molecular weight excluding hydrogens is 338 g/mol. The maximum atomic E-state index is 12.4. The summed E-state index contributed by atoms with van der Waals surface area (Å²) in [6.45, 7) is 2.89. The predicted molar refractivity (Wildman–Crippen MR) is 91.2 cm³/mol. The Kier molecular flexibility index (Phi) is 5.65. The average molecular weight is 361 g/mol. The Labute approximate surface area is 151 Å². The molecule has 140 valence electrons. The fourth-order valence-corrected chi connectivity index (χ4v) is 3.26. The van der Waals surface area contributed by atoms with Gasteiger partial charge in [0.15, 0.2) is 0 Å². The van der Waals surface area contributed by atoms with Crippen LogP contribution in [-0.2, 0) is 9.59 Å². The van der Waals surface area contributed by atoms with Crippen molar-refractivity contribution in [2.75, 3.05) is 19.6 Å². The summed E-state index contributed by atoms with van der Waals surface area (Å²) < 4.78 is 5.78. The molecule has 9 heteroatoms. The highest BCUT2D eigenvalue weighted by molar-refractivity contribution is 6.38. The number of nitrogens with one attached hydrogen (secondary N) is 1. The van der Waals surface area contributed by atoms with E-state index in [4.69, 9.17) is 4.74 Å². The summed E-state index contributed by atoms with van der Waals surface area (Å²) in [4.78, 5) is 46.9. The molecule has 1 aromatic heterocycles. The zero-order chi connectivity index (χ0) is 18.5. The third kappa shape index (κ3) is 4.09. The molecule has 2 aliphatic rings. The van der Waals surface area contributed by atoms with Crippen molar-refractivity contribution < 1.29 is 19.1 Å². The minimum Gasteiger partial charge on any atom is -0.473 e. The van der Waals surface area contributed by atoms with Gasteiger partial charge in [0.2, 0.25) is 5.88 Å². The molecule has 4 amide bonds. The second-order valence-electron chi connectivity index (χ2n) is 6.43. The molecule has 1 saturated carbocycles. The van der Waals surface area contributed by atoms with Crippen LogP contribution in [0.25, 0.3) is 0 Å². The number of hydrogen-bond acceptors (Lipinski definition) is 6. The fourth-order valence-electron chi connectivity index (χ4n) is 3.26. The number of aromatic nitrogens is 2. The highest BCUT2D eigenvalue weighted by atomic mass is 16.5. The van der Waals surface area contributed by atoms with Crippen LogP contribution in [0.1, 0.15) is 32.6 Å². The lowest BCUT2D eigenvalue weighted by Gasteiger charge is -2.34. The lowest BCUT2D eigenvalue weighted by Crippen LogP contribution is -2.59. The zero-order valence-corrected chi connectivity index (χ0v) is 14.8. The second kappa shape index (κ2) is 8.11. The first-order valence-electron chi connectivity index (χ1n) is 8.92. The second-order valence-corrected chi connectivity index (χ2v) is 6.43. The SMILES string of the molecule is CCN1CCN(C(=O)NC2CCC(Oc3cnccn3)CC2)C(=O)C1=O. The highest BCUT2D eigenvalue weighted by Crippen LogP contribution is 2.22. The predicted octanol–water partition coefficient (Wildman–Crippen LogP) is 0.567. The fraction of sp³-hybridized carbons (Fsp3) is 0.588. The molecule has 0 bridgehead atoms. The van der Waals surface area contributed by atoms with Gasteiger partial charge in [-0.15, -0.1) is 0 Å². The Morgan fingerprint density at radius 2 is 1.96 bits per heavy atom. The van der Waals surface area contributed by atoms with Gasteiger partial charge in [-0.05, 0) is 32.6 Å². The van der Waals surface area contributed by atoms with E-state index >= 15 is 0 Å². The molecule has 9 nitrogen and oxygen atoms in total. The number of rotatable bonds is 4. The Hall–Kier alpha value is -2.71. The zero-order valence-electron chi connectivity index (χ0n) is 14.8. The van der Waals surface area contributed by atoms with Gasteiger partial charge in [-0.25, -0.2) is 9.78 Å². The third-order valence-electron chi connectivity index (χ3n) is 4.76. The minimum absolute atomic E-state index is 0.0312. The number of nitrogens with zero attached hydrogens (tertiary/aromatic N) is 4. The summed E-state index contributed by atoms with van der Waals surface area (Å²) in [6.07, 6.45) is 7.82. The molecule has 1 aliphatic carbocycles. The van der Waals surface area contributed by atoms with Crippen LogP contribution in [0.2, 0.25) is 0 Å². The molecule has 0 unspecified atom stereocenters. The van der Waals surface area contributed by atoms with Crippen LogP contribution in [-0.4, -0.2) is 69.4 Å². The van der Waals surface area contributed by atoms with Gasteiger partial charge >= 0.3 is 17.8 Å². The van der Waals surface area contributed by atoms with E-state index in [9.17, 15) is 14.4 Å². The number of piperazine rings is 1. The quantitative estimate of drug-likeness (QED) is 0.786. The maximum Gasteiger partial charge on any atom is 0.324 e. The summed E-state index contributed by atoms with van der Waals surface area (Å²) in [5.74, 6) is -0.872. The molecule has 1 saturated heterocycles. The van der Waals surface area contributed by atoms with Crippen molar-refractivity contribution in [3.63, 3.8) is 0 Å². The van der Waals surface area contributed by atoms with Crippen molar-refractivity contribution >= 4 is 17.8 Å². The van der Waals surface area contributed by atoms with E-state index in [0.29, 0.717) is 19.0 Å². The van der Waals surface area contributed by atoms with Crippen LogP contribution in [0, 0.1) is 0 Å². The van der Waals surface area contributed by atoms with Gasteiger partial charge in [0.1, 0.15) is 6.10 Å². The molecule has 0 radical (unpaired) electrons. The van der Waals surface area contributed by atoms with E-state index < -0.39 is 17.8 Å². The van der Waals surface area contributed by atoms with Gasteiger partial charge in [-0.1, -0.05) is 0 Å². The maximum absolute atomic E-state index is 12.4. The lowest BCUT2D eigenvalue weighted by molar-refractivity contribution is -0.153. The van der Waals surface area contributed by atoms with Crippen molar-refractivity contribution in [1.82, 2.24) is 25.1 Å². The van der Waals surface area contributed by atoms with Crippen molar-refractivity contribution in [1.29, 1.82) is 0 Å². The van der Waals surface area contributed by atoms with Crippen molar-refractivity contribution in [3.05, 3.63) is 18.6 Å². The summed E-state index contributed by atoms with van der Waals surface area (Å²) in [6, 6.07) is -0.520. The molecule has 0 atom stereocenters. The Morgan fingerprint density at radius 3 is 2.62 bits per heavy atom. The number of hydrogen-bond donors (Lipinski definition) is 1. The largest absolute Gasteiger partial charge is 0.473 e.